The Morgan fingerprint density at radius 1 is 1.36 bits per heavy atom. The highest BCUT2D eigenvalue weighted by molar-refractivity contribution is 5.78. The Labute approximate surface area is 88.9 Å². The maximum atomic E-state index is 10.8. The summed E-state index contributed by atoms with van der Waals surface area (Å²) in [7, 11) is 0. The minimum Gasteiger partial charge on any atom is -0.300 e. The van der Waals surface area contributed by atoms with E-state index in [9.17, 15) is 4.79 Å². The summed E-state index contributed by atoms with van der Waals surface area (Å²) in [6, 6.07) is 0. The molecule has 0 spiro atoms. The van der Waals surface area contributed by atoms with Crippen molar-refractivity contribution in [3.63, 3.8) is 0 Å². The molecule has 0 saturated heterocycles. The molecule has 0 bridgehead atoms. The molecular weight excluding hydrogens is 172 g/mol. The third-order valence-corrected chi connectivity index (χ3v) is 1.57. The number of rotatable bonds is 5. The Balaban J connectivity index is 0. The van der Waals surface area contributed by atoms with Crippen molar-refractivity contribution in [1.29, 1.82) is 0 Å². The van der Waals surface area contributed by atoms with Gasteiger partial charge in [0.05, 0.1) is 0 Å². The molecule has 0 radical (unpaired) electrons. The van der Waals surface area contributed by atoms with Crippen LogP contribution < -0.4 is 0 Å². The summed E-state index contributed by atoms with van der Waals surface area (Å²) in [4.78, 5) is 10.8. The van der Waals surface area contributed by atoms with Crippen LogP contribution in [0.5, 0.6) is 0 Å². The third-order valence-electron chi connectivity index (χ3n) is 1.57. The molecule has 1 heteroatoms. The molecule has 0 fully saturated rings. The van der Waals surface area contributed by atoms with E-state index in [4.69, 9.17) is 0 Å². The van der Waals surface area contributed by atoms with Crippen LogP contribution in [0.25, 0.3) is 0 Å². The SMILES string of the molecule is C=C/C(=C\CC(C)C)CC(C)=O.CC. The van der Waals surface area contributed by atoms with Crippen LogP contribution in [0.1, 0.15) is 47.5 Å². The van der Waals surface area contributed by atoms with Crippen LogP contribution in [0.3, 0.4) is 0 Å². The molecule has 0 saturated carbocycles. The molecule has 0 aromatic heterocycles. The normalized spacial score (nSPS) is 10.6. The summed E-state index contributed by atoms with van der Waals surface area (Å²) in [5.41, 5.74) is 1.05. The standard InChI is InChI=1S/C11H18O.C2H6/c1-5-11(8-10(4)12)7-6-9(2)3;1-2/h5,7,9H,1,6,8H2,2-4H3;1-2H3/b11-7+;. The maximum absolute atomic E-state index is 10.8. The van der Waals surface area contributed by atoms with Gasteiger partial charge in [-0.05, 0) is 24.8 Å². The van der Waals surface area contributed by atoms with Crippen molar-refractivity contribution in [2.24, 2.45) is 5.92 Å². The van der Waals surface area contributed by atoms with Crippen molar-refractivity contribution in [1.82, 2.24) is 0 Å². The van der Waals surface area contributed by atoms with Crippen LogP contribution in [0.2, 0.25) is 0 Å². The second-order valence-corrected chi connectivity index (χ2v) is 3.49. The highest BCUT2D eigenvalue weighted by Gasteiger charge is 1.97. The van der Waals surface area contributed by atoms with E-state index in [0.29, 0.717) is 12.3 Å². The van der Waals surface area contributed by atoms with Gasteiger partial charge in [-0.2, -0.15) is 0 Å². The first-order valence-corrected chi connectivity index (χ1v) is 5.37. The van der Waals surface area contributed by atoms with Crippen molar-refractivity contribution < 1.29 is 4.79 Å². The molecule has 0 aliphatic rings. The Kier molecular flexibility index (Phi) is 11.4. The lowest BCUT2D eigenvalue weighted by molar-refractivity contribution is -0.116. The highest BCUT2D eigenvalue weighted by Crippen LogP contribution is 2.08. The molecule has 0 aromatic rings. The van der Waals surface area contributed by atoms with E-state index < -0.39 is 0 Å². The zero-order valence-corrected chi connectivity index (χ0v) is 10.3. The van der Waals surface area contributed by atoms with Crippen molar-refractivity contribution in [3.05, 3.63) is 24.3 Å². The van der Waals surface area contributed by atoms with Crippen LogP contribution >= 0.6 is 0 Å². The second-order valence-electron chi connectivity index (χ2n) is 3.49. The van der Waals surface area contributed by atoms with Crippen molar-refractivity contribution in [3.8, 4) is 0 Å². The zero-order chi connectivity index (χ0) is 11.6. The molecule has 0 aromatic carbocycles. The molecule has 0 atom stereocenters. The minimum atomic E-state index is 0.199. The van der Waals surface area contributed by atoms with Crippen LogP contribution in [-0.4, -0.2) is 5.78 Å². The number of carbonyl (C=O) groups is 1. The fourth-order valence-corrected chi connectivity index (χ4v) is 0.902. The zero-order valence-electron chi connectivity index (χ0n) is 10.3. The van der Waals surface area contributed by atoms with E-state index in [2.05, 4.69) is 26.5 Å². The lowest BCUT2D eigenvalue weighted by Gasteiger charge is -2.01. The van der Waals surface area contributed by atoms with Gasteiger partial charge in [0.15, 0.2) is 0 Å². The highest BCUT2D eigenvalue weighted by atomic mass is 16.1. The summed E-state index contributed by atoms with van der Waals surface area (Å²) < 4.78 is 0. The summed E-state index contributed by atoms with van der Waals surface area (Å²) in [5, 5.41) is 0. The van der Waals surface area contributed by atoms with Crippen LogP contribution in [0.4, 0.5) is 0 Å². The number of hydrogen-bond acceptors (Lipinski definition) is 1. The smallest absolute Gasteiger partial charge is 0.134 e. The molecular formula is C13H24O. The first-order valence-electron chi connectivity index (χ1n) is 5.37. The van der Waals surface area contributed by atoms with E-state index in [1.807, 2.05) is 13.8 Å². The molecule has 0 aliphatic heterocycles. The molecule has 82 valence electrons. The quantitative estimate of drug-likeness (QED) is 0.604. The van der Waals surface area contributed by atoms with E-state index in [-0.39, 0.29) is 5.78 Å². The average molecular weight is 196 g/mol. The summed E-state index contributed by atoms with van der Waals surface area (Å²) >= 11 is 0. The first kappa shape index (κ1) is 15.6. The number of Topliss-reactive ketones (excluding diaryl/α,β-unsaturated/α-hetero) is 1. The van der Waals surface area contributed by atoms with Gasteiger partial charge in [-0.1, -0.05) is 46.4 Å². The second kappa shape index (κ2) is 10.2. The molecule has 0 aliphatic carbocycles. The number of carbonyl (C=O) groups excluding carboxylic acids is 1. The monoisotopic (exact) mass is 196 g/mol. The van der Waals surface area contributed by atoms with Crippen LogP contribution in [0.15, 0.2) is 24.3 Å². The van der Waals surface area contributed by atoms with E-state index in [1.54, 1.807) is 13.0 Å². The van der Waals surface area contributed by atoms with Crippen molar-refractivity contribution in [2.45, 2.75) is 47.5 Å². The van der Waals surface area contributed by atoms with Gasteiger partial charge in [0, 0.05) is 6.42 Å². The predicted octanol–water partition coefficient (Wildman–Crippen LogP) is 4.15. The number of ketones is 1. The summed E-state index contributed by atoms with van der Waals surface area (Å²) in [6.45, 7) is 13.6. The minimum absolute atomic E-state index is 0.199. The van der Waals surface area contributed by atoms with Gasteiger partial charge in [-0.25, -0.2) is 0 Å². The fraction of sp³-hybridized carbons (Fsp3) is 0.615. The van der Waals surface area contributed by atoms with Gasteiger partial charge in [-0.3, -0.25) is 4.79 Å². The molecule has 0 heterocycles. The van der Waals surface area contributed by atoms with Gasteiger partial charge < -0.3 is 0 Å². The molecule has 1 nitrogen and oxygen atoms in total. The molecule has 14 heavy (non-hydrogen) atoms. The van der Waals surface area contributed by atoms with Crippen LogP contribution in [-0.2, 0) is 4.79 Å². The van der Waals surface area contributed by atoms with Crippen LogP contribution in [0, 0.1) is 5.92 Å². The third kappa shape index (κ3) is 11.2. The molecule has 0 amide bonds. The maximum Gasteiger partial charge on any atom is 0.134 e. The first-order chi connectivity index (χ1) is 6.56. The molecule has 0 unspecified atom stereocenters. The Hall–Kier alpha value is -0.850. The number of allylic oxidation sites excluding steroid dienone is 3. The predicted molar refractivity (Wildman–Crippen MR) is 64.4 cm³/mol. The average Bonchev–Trinajstić information content (AvgIpc) is 2.14. The van der Waals surface area contributed by atoms with E-state index in [0.717, 1.165) is 12.0 Å². The van der Waals surface area contributed by atoms with E-state index in [1.165, 1.54) is 0 Å². The lowest BCUT2D eigenvalue weighted by Crippen LogP contribution is -1.92. The van der Waals surface area contributed by atoms with Gasteiger partial charge in [-0.15, -0.1) is 0 Å². The fourth-order valence-electron chi connectivity index (χ4n) is 0.902. The van der Waals surface area contributed by atoms with Gasteiger partial charge in [0.25, 0.3) is 0 Å². The van der Waals surface area contributed by atoms with E-state index >= 15 is 0 Å². The largest absolute Gasteiger partial charge is 0.300 e. The Morgan fingerprint density at radius 2 is 1.86 bits per heavy atom. The lowest BCUT2D eigenvalue weighted by atomic mass is 10.0. The van der Waals surface area contributed by atoms with Gasteiger partial charge in [0.2, 0.25) is 0 Å². The summed E-state index contributed by atoms with van der Waals surface area (Å²) in [5.74, 6) is 0.844. The summed E-state index contributed by atoms with van der Waals surface area (Å²) in [6.07, 6.45) is 5.41. The molecule has 0 rings (SSSR count). The Bertz CT molecular complexity index is 187. The van der Waals surface area contributed by atoms with Crippen molar-refractivity contribution >= 4 is 5.78 Å². The number of hydrogen-bond donors (Lipinski definition) is 0. The molecule has 0 N–H and O–H groups in total. The topological polar surface area (TPSA) is 17.1 Å². The Morgan fingerprint density at radius 3 is 2.14 bits per heavy atom. The van der Waals surface area contributed by atoms with Gasteiger partial charge >= 0.3 is 0 Å². The van der Waals surface area contributed by atoms with Gasteiger partial charge in [0.1, 0.15) is 5.78 Å². The van der Waals surface area contributed by atoms with Crippen molar-refractivity contribution in [2.75, 3.05) is 0 Å².